The molecule has 4 rings (SSSR count). The van der Waals surface area contributed by atoms with E-state index in [1.165, 1.54) is 6.92 Å². The summed E-state index contributed by atoms with van der Waals surface area (Å²) in [4.78, 5) is 29.6. The lowest BCUT2D eigenvalue weighted by molar-refractivity contribution is -0.120. The van der Waals surface area contributed by atoms with E-state index < -0.39 is 0 Å². The number of nitrogens with zero attached hydrogens (tertiary/aromatic N) is 2. The molecule has 0 unspecified atom stereocenters. The Labute approximate surface area is 172 Å². The molecule has 7 heteroatoms. The van der Waals surface area contributed by atoms with Crippen LogP contribution in [0.3, 0.4) is 0 Å². The van der Waals surface area contributed by atoms with Crippen molar-refractivity contribution >= 4 is 33.8 Å². The smallest absolute Gasteiger partial charge is 0.226 e. The van der Waals surface area contributed by atoms with Gasteiger partial charge in [-0.3, -0.25) is 14.0 Å². The third-order valence-corrected chi connectivity index (χ3v) is 5.30. The van der Waals surface area contributed by atoms with Crippen LogP contribution in [0, 0.1) is 0 Å². The molecule has 0 radical (unpaired) electrons. The predicted molar refractivity (Wildman–Crippen MR) is 115 cm³/mol. The summed E-state index contributed by atoms with van der Waals surface area (Å²) >= 11 is 1.59. The monoisotopic (exact) mass is 404 g/mol. The van der Waals surface area contributed by atoms with Gasteiger partial charge in [0.15, 0.2) is 4.96 Å². The van der Waals surface area contributed by atoms with Crippen LogP contribution < -0.4 is 10.6 Å². The zero-order chi connectivity index (χ0) is 20.2. The van der Waals surface area contributed by atoms with Crippen LogP contribution in [0.5, 0.6) is 0 Å². The van der Waals surface area contributed by atoms with Crippen molar-refractivity contribution in [2.75, 3.05) is 5.32 Å². The molecular weight excluding hydrogens is 384 g/mol. The van der Waals surface area contributed by atoms with Crippen LogP contribution in [0.2, 0.25) is 0 Å². The van der Waals surface area contributed by atoms with Crippen molar-refractivity contribution in [2.45, 2.75) is 19.4 Å². The number of benzene rings is 2. The molecule has 0 saturated heterocycles. The van der Waals surface area contributed by atoms with Gasteiger partial charge in [0.2, 0.25) is 11.8 Å². The normalized spacial score (nSPS) is 11.9. The summed E-state index contributed by atoms with van der Waals surface area (Å²) in [6.45, 7) is 1.45. The molecule has 2 amide bonds. The molecule has 146 valence electrons. The van der Waals surface area contributed by atoms with Gasteiger partial charge in [-0.2, -0.15) is 0 Å². The first-order valence-corrected chi connectivity index (χ1v) is 10.1. The van der Waals surface area contributed by atoms with Crippen molar-refractivity contribution in [3.8, 4) is 11.3 Å². The zero-order valence-electron chi connectivity index (χ0n) is 15.8. The number of carbonyl (C=O) groups is 2. The van der Waals surface area contributed by atoms with Crippen molar-refractivity contribution in [1.82, 2.24) is 14.7 Å². The van der Waals surface area contributed by atoms with Crippen molar-refractivity contribution in [1.29, 1.82) is 0 Å². The lowest BCUT2D eigenvalue weighted by Gasteiger charge is -2.18. The number of anilines is 1. The van der Waals surface area contributed by atoms with Crippen LogP contribution in [0.4, 0.5) is 5.69 Å². The number of imidazole rings is 1. The number of aromatic nitrogens is 2. The summed E-state index contributed by atoms with van der Waals surface area (Å²) in [5, 5.41) is 7.74. The van der Waals surface area contributed by atoms with Gasteiger partial charge in [0.25, 0.3) is 0 Å². The molecule has 2 aromatic heterocycles. The van der Waals surface area contributed by atoms with Gasteiger partial charge in [0, 0.05) is 35.9 Å². The predicted octanol–water partition coefficient (Wildman–Crippen LogP) is 4.27. The molecule has 0 spiro atoms. The van der Waals surface area contributed by atoms with Crippen LogP contribution in [0.15, 0.2) is 72.4 Å². The average Bonchev–Trinajstić information content (AvgIpc) is 3.31. The van der Waals surface area contributed by atoms with E-state index in [0.29, 0.717) is 5.69 Å². The van der Waals surface area contributed by atoms with Crippen LogP contribution in [0.1, 0.15) is 24.9 Å². The number of hydrogen-bond donors (Lipinski definition) is 2. The average molecular weight is 404 g/mol. The van der Waals surface area contributed by atoms with E-state index in [4.69, 9.17) is 0 Å². The topological polar surface area (TPSA) is 75.5 Å². The Balaban J connectivity index is 1.43. The van der Waals surface area contributed by atoms with Crippen LogP contribution in [-0.4, -0.2) is 21.2 Å². The quantitative estimate of drug-likeness (QED) is 0.504. The molecule has 0 fully saturated rings. The number of rotatable bonds is 6. The molecule has 0 bridgehead atoms. The lowest BCUT2D eigenvalue weighted by Crippen LogP contribution is -2.29. The maximum Gasteiger partial charge on any atom is 0.226 e. The van der Waals surface area contributed by atoms with Gasteiger partial charge < -0.3 is 10.6 Å². The summed E-state index contributed by atoms with van der Waals surface area (Å²) in [6.07, 6.45) is 4.11. The van der Waals surface area contributed by atoms with Gasteiger partial charge >= 0.3 is 0 Å². The maximum absolute atomic E-state index is 12.5. The fraction of sp³-hybridized carbons (Fsp3) is 0.136. The van der Waals surface area contributed by atoms with Gasteiger partial charge in [-0.15, -0.1) is 11.3 Å². The highest BCUT2D eigenvalue weighted by atomic mass is 32.1. The van der Waals surface area contributed by atoms with E-state index in [9.17, 15) is 9.59 Å². The molecule has 0 saturated carbocycles. The van der Waals surface area contributed by atoms with E-state index in [0.717, 1.165) is 21.8 Å². The third-order valence-electron chi connectivity index (χ3n) is 4.53. The highest BCUT2D eigenvalue weighted by molar-refractivity contribution is 7.15. The van der Waals surface area contributed by atoms with Crippen LogP contribution >= 0.6 is 11.3 Å². The Morgan fingerprint density at radius 1 is 1.10 bits per heavy atom. The minimum Gasteiger partial charge on any atom is -0.349 e. The van der Waals surface area contributed by atoms with Crippen molar-refractivity contribution < 1.29 is 9.59 Å². The number of fused-ring (bicyclic) bond motifs is 1. The Morgan fingerprint density at radius 3 is 2.55 bits per heavy atom. The molecule has 2 N–H and O–H groups in total. The van der Waals surface area contributed by atoms with E-state index in [1.54, 1.807) is 11.3 Å². The highest BCUT2D eigenvalue weighted by Crippen LogP contribution is 2.24. The van der Waals surface area contributed by atoms with E-state index in [2.05, 4.69) is 15.6 Å². The molecule has 2 aromatic carbocycles. The second-order valence-electron chi connectivity index (χ2n) is 6.71. The van der Waals surface area contributed by atoms with Crippen molar-refractivity contribution in [3.05, 3.63) is 77.9 Å². The van der Waals surface area contributed by atoms with Gasteiger partial charge in [-0.05, 0) is 17.7 Å². The first kappa shape index (κ1) is 18.9. The Morgan fingerprint density at radius 2 is 1.86 bits per heavy atom. The summed E-state index contributed by atoms with van der Waals surface area (Å²) in [6, 6.07) is 16.7. The molecule has 0 aliphatic rings. The van der Waals surface area contributed by atoms with Crippen molar-refractivity contribution in [2.24, 2.45) is 0 Å². The Hall–Kier alpha value is -3.45. The van der Waals surface area contributed by atoms with E-state index in [1.807, 2.05) is 76.8 Å². The third kappa shape index (κ3) is 4.52. The first-order chi connectivity index (χ1) is 14.1. The molecule has 29 heavy (non-hydrogen) atoms. The molecular formula is C22H20N4O2S. The molecule has 2 heterocycles. The summed E-state index contributed by atoms with van der Waals surface area (Å²) in [5.41, 5.74) is 3.48. The van der Waals surface area contributed by atoms with Gasteiger partial charge in [0.05, 0.1) is 18.2 Å². The summed E-state index contributed by atoms with van der Waals surface area (Å²) in [7, 11) is 0. The minimum absolute atomic E-state index is 0.155. The number of thiazole rings is 1. The standard InChI is InChI=1S/C22H20N4O2S/c1-15(27)23-19(16-5-3-2-4-6-16)13-21(28)24-18-9-7-17(8-10-18)20-14-26-11-12-29-22(26)25-20/h2-12,14,19H,13H2,1H3,(H,23,27)(H,24,28)/t19-/m0/s1. The fourth-order valence-electron chi connectivity index (χ4n) is 3.17. The van der Waals surface area contributed by atoms with Crippen molar-refractivity contribution in [3.63, 3.8) is 0 Å². The fourth-order valence-corrected chi connectivity index (χ4v) is 3.87. The first-order valence-electron chi connectivity index (χ1n) is 9.23. The SMILES string of the molecule is CC(=O)N[C@@H](CC(=O)Nc1ccc(-c2cn3ccsc3n2)cc1)c1ccccc1. The summed E-state index contributed by atoms with van der Waals surface area (Å²) < 4.78 is 1.99. The van der Waals surface area contributed by atoms with Gasteiger partial charge in [-0.1, -0.05) is 42.5 Å². The number of carbonyl (C=O) groups excluding carboxylic acids is 2. The summed E-state index contributed by atoms with van der Waals surface area (Å²) in [5.74, 6) is -0.334. The largest absolute Gasteiger partial charge is 0.349 e. The number of hydrogen-bond acceptors (Lipinski definition) is 4. The Kier molecular flexibility index (Phi) is 5.39. The van der Waals surface area contributed by atoms with Crippen LogP contribution in [-0.2, 0) is 9.59 Å². The lowest BCUT2D eigenvalue weighted by atomic mass is 10.0. The number of nitrogens with one attached hydrogen (secondary N) is 2. The zero-order valence-corrected chi connectivity index (χ0v) is 16.6. The van der Waals surface area contributed by atoms with Crippen LogP contribution in [0.25, 0.3) is 16.2 Å². The maximum atomic E-state index is 12.5. The molecule has 4 aromatic rings. The molecule has 0 aliphatic carbocycles. The van der Waals surface area contributed by atoms with Gasteiger partial charge in [0.1, 0.15) is 0 Å². The molecule has 0 aliphatic heterocycles. The number of amides is 2. The molecule has 6 nitrogen and oxygen atoms in total. The molecule has 1 atom stereocenters. The van der Waals surface area contributed by atoms with E-state index >= 15 is 0 Å². The van der Waals surface area contributed by atoms with Gasteiger partial charge in [-0.25, -0.2) is 4.98 Å². The second-order valence-corrected chi connectivity index (χ2v) is 7.59. The second kappa shape index (κ2) is 8.28. The minimum atomic E-state index is -0.369. The Bertz CT molecular complexity index is 1100. The van der Waals surface area contributed by atoms with E-state index in [-0.39, 0.29) is 24.3 Å². The highest BCUT2D eigenvalue weighted by Gasteiger charge is 2.17.